The first kappa shape index (κ1) is 14.2. The van der Waals surface area contributed by atoms with Crippen LogP contribution in [0, 0.1) is 12.7 Å². The molecule has 0 saturated carbocycles. The summed E-state index contributed by atoms with van der Waals surface area (Å²) >= 11 is 0. The second-order valence-corrected chi connectivity index (χ2v) is 4.38. The number of rotatable bonds is 2. The molecule has 0 amide bonds. The zero-order valence-electron chi connectivity index (χ0n) is 10.5. The molecule has 20 heavy (non-hydrogen) atoms. The third-order valence-corrected chi connectivity index (χ3v) is 2.85. The van der Waals surface area contributed by atoms with Crippen LogP contribution in [0.15, 0.2) is 42.5 Å². The number of carbonyl (C=O) groups is 1. The zero-order chi connectivity index (χ0) is 14.9. The summed E-state index contributed by atoms with van der Waals surface area (Å²) < 4.78 is 51.7. The fraction of sp³-hybridized carbons (Fsp3) is 0.133. The Kier molecular flexibility index (Phi) is 3.61. The molecule has 2 aromatic carbocycles. The maximum atomic E-state index is 13.2. The lowest BCUT2D eigenvalue weighted by molar-refractivity contribution is -0.137. The molecule has 0 heterocycles. The van der Waals surface area contributed by atoms with E-state index in [9.17, 15) is 22.4 Å². The molecule has 0 unspecified atom stereocenters. The van der Waals surface area contributed by atoms with E-state index in [1.54, 1.807) is 19.1 Å². The Morgan fingerprint density at radius 3 is 2.15 bits per heavy atom. The van der Waals surface area contributed by atoms with Gasteiger partial charge in [0.25, 0.3) is 0 Å². The lowest BCUT2D eigenvalue weighted by Gasteiger charge is -2.12. The molecule has 104 valence electrons. The number of aryl methyl sites for hydroxylation is 1. The summed E-state index contributed by atoms with van der Waals surface area (Å²) in [5.41, 5.74) is -0.852. The minimum Gasteiger partial charge on any atom is -0.289 e. The van der Waals surface area contributed by atoms with Crippen molar-refractivity contribution in [3.63, 3.8) is 0 Å². The Balaban J connectivity index is 2.54. The van der Waals surface area contributed by atoms with E-state index in [1.807, 2.05) is 0 Å². The average molecular weight is 282 g/mol. The number of hydrogen-bond donors (Lipinski definition) is 0. The van der Waals surface area contributed by atoms with Crippen LogP contribution in [-0.2, 0) is 6.18 Å². The van der Waals surface area contributed by atoms with Crippen molar-refractivity contribution in [3.05, 3.63) is 70.5 Å². The van der Waals surface area contributed by atoms with E-state index in [4.69, 9.17) is 0 Å². The van der Waals surface area contributed by atoms with Crippen LogP contribution in [0.3, 0.4) is 0 Å². The van der Waals surface area contributed by atoms with Gasteiger partial charge in [0.1, 0.15) is 5.82 Å². The summed E-state index contributed by atoms with van der Waals surface area (Å²) in [5, 5.41) is 0. The van der Waals surface area contributed by atoms with Crippen molar-refractivity contribution in [1.29, 1.82) is 0 Å². The Hall–Kier alpha value is -2.17. The van der Waals surface area contributed by atoms with Gasteiger partial charge in [-0.1, -0.05) is 29.8 Å². The van der Waals surface area contributed by atoms with Gasteiger partial charge in [-0.3, -0.25) is 4.79 Å². The fourth-order valence-electron chi connectivity index (χ4n) is 1.81. The molecule has 0 N–H and O–H groups in total. The Bertz CT molecular complexity index is 642. The van der Waals surface area contributed by atoms with Crippen LogP contribution in [0.25, 0.3) is 0 Å². The van der Waals surface area contributed by atoms with E-state index in [0.717, 1.165) is 5.56 Å². The molecule has 5 heteroatoms. The number of halogens is 4. The Morgan fingerprint density at radius 2 is 1.60 bits per heavy atom. The van der Waals surface area contributed by atoms with Gasteiger partial charge >= 0.3 is 6.18 Å². The van der Waals surface area contributed by atoms with Crippen LogP contribution in [0.5, 0.6) is 0 Å². The predicted octanol–water partition coefficient (Wildman–Crippen LogP) is 4.38. The van der Waals surface area contributed by atoms with Crippen molar-refractivity contribution in [1.82, 2.24) is 0 Å². The number of hydrogen-bond acceptors (Lipinski definition) is 1. The second kappa shape index (κ2) is 5.07. The van der Waals surface area contributed by atoms with Crippen molar-refractivity contribution < 1.29 is 22.4 Å². The van der Waals surface area contributed by atoms with Gasteiger partial charge in [-0.15, -0.1) is 0 Å². The molecule has 0 aliphatic heterocycles. The van der Waals surface area contributed by atoms with Gasteiger partial charge in [0.2, 0.25) is 0 Å². The van der Waals surface area contributed by atoms with Crippen LogP contribution in [0.2, 0.25) is 0 Å². The van der Waals surface area contributed by atoms with E-state index in [0.29, 0.717) is 18.2 Å². The van der Waals surface area contributed by atoms with Crippen LogP contribution < -0.4 is 0 Å². The zero-order valence-corrected chi connectivity index (χ0v) is 10.5. The third-order valence-electron chi connectivity index (χ3n) is 2.85. The van der Waals surface area contributed by atoms with E-state index >= 15 is 0 Å². The minimum atomic E-state index is -4.70. The third kappa shape index (κ3) is 2.87. The van der Waals surface area contributed by atoms with Gasteiger partial charge in [0.05, 0.1) is 5.56 Å². The van der Waals surface area contributed by atoms with Crippen LogP contribution in [0.4, 0.5) is 17.6 Å². The van der Waals surface area contributed by atoms with Crippen molar-refractivity contribution in [2.45, 2.75) is 13.1 Å². The van der Waals surface area contributed by atoms with Gasteiger partial charge in [-0.25, -0.2) is 4.39 Å². The van der Waals surface area contributed by atoms with Gasteiger partial charge in [-0.2, -0.15) is 13.2 Å². The molecule has 0 fully saturated rings. The van der Waals surface area contributed by atoms with Crippen LogP contribution in [0.1, 0.15) is 27.0 Å². The molecule has 2 rings (SSSR count). The summed E-state index contributed by atoms with van der Waals surface area (Å²) in [6, 6.07) is 7.95. The van der Waals surface area contributed by atoms with Crippen molar-refractivity contribution >= 4 is 5.78 Å². The Labute approximate surface area is 112 Å². The highest BCUT2D eigenvalue weighted by Crippen LogP contribution is 2.33. The first-order valence-corrected chi connectivity index (χ1v) is 5.77. The monoisotopic (exact) mass is 282 g/mol. The smallest absolute Gasteiger partial charge is 0.289 e. The fourth-order valence-corrected chi connectivity index (χ4v) is 1.81. The van der Waals surface area contributed by atoms with Gasteiger partial charge in [-0.05, 0) is 25.1 Å². The predicted molar refractivity (Wildman–Crippen MR) is 66.0 cm³/mol. The first-order chi connectivity index (χ1) is 9.29. The van der Waals surface area contributed by atoms with Gasteiger partial charge in [0, 0.05) is 11.1 Å². The largest absolute Gasteiger partial charge is 0.417 e. The summed E-state index contributed by atoms with van der Waals surface area (Å²) in [4.78, 5) is 12.1. The molecule has 0 aliphatic carbocycles. The average Bonchev–Trinajstić information content (AvgIpc) is 2.37. The molecule has 0 radical (unpaired) electrons. The lowest BCUT2D eigenvalue weighted by Crippen LogP contribution is -2.14. The first-order valence-electron chi connectivity index (χ1n) is 5.77. The molecule has 2 aromatic rings. The number of ketones is 1. The maximum absolute atomic E-state index is 13.2. The molecular weight excluding hydrogens is 272 g/mol. The van der Waals surface area contributed by atoms with E-state index < -0.39 is 28.9 Å². The maximum Gasteiger partial charge on any atom is 0.417 e. The number of alkyl halides is 3. The lowest BCUT2D eigenvalue weighted by atomic mass is 9.97. The van der Waals surface area contributed by atoms with Gasteiger partial charge < -0.3 is 0 Å². The summed E-state index contributed by atoms with van der Waals surface area (Å²) in [6.07, 6.45) is -4.70. The highest BCUT2D eigenvalue weighted by molar-refractivity contribution is 6.10. The van der Waals surface area contributed by atoms with Gasteiger partial charge in [0.15, 0.2) is 5.78 Å². The molecule has 0 aliphatic rings. The van der Waals surface area contributed by atoms with E-state index in [2.05, 4.69) is 0 Å². The van der Waals surface area contributed by atoms with E-state index in [1.165, 1.54) is 12.1 Å². The second-order valence-electron chi connectivity index (χ2n) is 4.38. The normalized spacial score (nSPS) is 11.4. The van der Waals surface area contributed by atoms with Crippen LogP contribution in [-0.4, -0.2) is 5.78 Å². The SMILES string of the molecule is Cc1ccc(C(=O)c2cc(F)ccc2C(F)(F)F)cc1. The molecule has 0 spiro atoms. The van der Waals surface area contributed by atoms with Crippen molar-refractivity contribution in [2.24, 2.45) is 0 Å². The van der Waals surface area contributed by atoms with Crippen LogP contribution >= 0.6 is 0 Å². The summed E-state index contributed by atoms with van der Waals surface area (Å²) in [6.45, 7) is 1.79. The van der Waals surface area contributed by atoms with Crippen molar-refractivity contribution in [3.8, 4) is 0 Å². The molecule has 0 bridgehead atoms. The standard InChI is InChI=1S/C15H10F4O/c1-9-2-4-10(5-3-9)14(20)12-8-11(16)6-7-13(12)15(17,18)19/h2-8H,1H3. The minimum absolute atomic E-state index is 0.0895. The molecule has 0 saturated heterocycles. The quantitative estimate of drug-likeness (QED) is 0.590. The summed E-state index contributed by atoms with van der Waals surface area (Å²) in [7, 11) is 0. The number of benzene rings is 2. The number of carbonyl (C=O) groups excluding carboxylic acids is 1. The molecule has 0 aromatic heterocycles. The molecular formula is C15H10F4O. The topological polar surface area (TPSA) is 17.1 Å². The highest BCUT2D eigenvalue weighted by atomic mass is 19.4. The van der Waals surface area contributed by atoms with Crippen molar-refractivity contribution in [2.75, 3.05) is 0 Å². The van der Waals surface area contributed by atoms with E-state index in [-0.39, 0.29) is 5.56 Å². The highest BCUT2D eigenvalue weighted by Gasteiger charge is 2.35. The molecule has 1 nitrogen and oxygen atoms in total. The summed E-state index contributed by atoms with van der Waals surface area (Å²) in [5.74, 6) is -1.73. The molecule has 0 atom stereocenters. The Morgan fingerprint density at radius 1 is 1.00 bits per heavy atom.